The molecule has 1 aliphatic rings. The second-order valence-electron chi connectivity index (χ2n) is 6.04. The fourth-order valence-corrected chi connectivity index (χ4v) is 3.10. The number of nitrogens with one attached hydrogen (secondary N) is 2. The molecule has 28 heavy (non-hydrogen) atoms. The Morgan fingerprint density at radius 1 is 1.07 bits per heavy atom. The van der Waals surface area contributed by atoms with Crippen LogP contribution in [0.5, 0.6) is 5.75 Å². The largest absolute Gasteiger partial charge is 0.490 e. The number of rotatable bonds is 6. The SMILES string of the molecule is CC1=C(C(=O)OCCOc2ccccc2)[C@H](c2ccc(Cl)c(Cl)c2)NC(=O)N1. The van der Waals surface area contributed by atoms with Crippen LogP contribution in [0.4, 0.5) is 4.79 Å². The van der Waals surface area contributed by atoms with Crippen molar-refractivity contribution in [3.8, 4) is 5.75 Å². The third kappa shape index (κ3) is 4.77. The predicted molar refractivity (Wildman–Crippen MR) is 106 cm³/mol. The predicted octanol–water partition coefficient (Wildman–Crippen LogP) is 4.24. The normalized spacial score (nSPS) is 16.2. The maximum atomic E-state index is 12.7. The van der Waals surface area contributed by atoms with Gasteiger partial charge in [-0.05, 0) is 36.8 Å². The van der Waals surface area contributed by atoms with E-state index < -0.39 is 18.0 Å². The van der Waals surface area contributed by atoms with Gasteiger partial charge < -0.3 is 20.1 Å². The van der Waals surface area contributed by atoms with Crippen LogP contribution in [-0.4, -0.2) is 25.2 Å². The standard InChI is InChI=1S/C20H18Cl2N2O4/c1-12-17(19(25)28-10-9-27-14-5-3-2-4-6-14)18(24-20(26)23-12)13-7-8-15(21)16(22)11-13/h2-8,11,18H,9-10H2,1H3,(H2,23,24,26)/t18-/m0/s1. The zero-order valence-electron chi connectivity index (χ0n) is 15.0. The molecule has 3 rings (SSSR count). The summed E-state index contributed by atoms with van der Waals surface area (Å²) in [5, 5.41) is 6.02. The third-order valence-electron chi connectivity index (χ3n) is 4.09. The molecule has 0 spiro atoms. The number of ether oxygens (including phenoxy) is 2. The van der Waals surface area contributed by atoms with Crippen LogP contribution < -0.4 is 15.4 Å². The van der Waals surface area contributed by atoms with E-state index in [4.69, 9.17) is 32.7 Å². The van der Waals surface area contributed by atoms with E-state index in [1.54, 1.807) is 25.1 Å². The van der Waals surface area contributed by atoms with Crippen molar-refractivity contribution in [1.82, 2.24) is 10.6 Å². The summed E-state index contributed by atoms with van der Waals surface area (Å²) in [6, 6.07) is 13.0. The zero-order chi connectivity index (χ0) is 20.1. The van der Waals surface area contributed by atoms with E-state index in [9.17, 15) is 9.59 Å². The average molecular weight is 421 g/mol. The van der Waals surface area contributed by atoms with Gasteiger partial charge in [0.05, 0.1) is 21.7 Å². The summed E-state index contributed by atoms with van der Waals surface area (Å²) in [7, 11) is 0. The molecule has 0 aliphatic carbocycles. The summed E-state index contributed by atoms with van der Waals surface area (Å²) in [5.74, 6) is 0.131. The molecule has 6 nitrogen and oxygen atoms in total. The first kappa shape index (κ1) is 20.0. The number of urea groups is 1. The van der Waals surface area contributed by atoms with Gasteiger partial charge in [-0.3, -0.25) is 0 Å². The zero-order valence-corrected chi connectivity index (χ0v) is 16.5. The van der Waals surface area contributed by atoms with Crippen molar-refractivity contribution in [3.05, 3.63) is 75.4 Å². The molecule has 8 heteroatoms. The van der Waals surface area contributed by atoms with Crippen LogP contribution in [0, 0.1) is 0 Å². The Morgan fingerprint density at radius 2 is 1.82 bits per heavy atom. The molecule has 0 bridgehead atoms. The van der Waals surface area contributed by atoms with E-state index in [-0.39, 0.29) is 18.8 Å². The lowest BCUT2D eigenvalue weighted by Crippen LogP contribution is -2.45. The average Bonchev–Trinajstić information content (AvgIpc) is 2.67. The molecule has 0 radical (unpaired) electrons. The Bertz CT molecular complexity index is 916. The van der Waals surface area contributed by atoms with Crippen LogP contribution in [0.25, 0.3) is 0 Å². The van der Waals surface area contributed by atoms with Crippen LogP contribution in [-0.2, 0) is 9.53 Å². The highest BCUT2D eigenvalue weighted by atomic mass is 35.5. The Hall–Kier alpha value is -2.70. The molecule has 0 unspecified atom stereocenters. The molecule has 0 saturated heterocycles. The molecule has 2 amide bonds. The number of amides is 2. The number of para-hydroxylation sites is 1. The fraction of sp³-hybridized carbons (Fsp3) is 0.200. The van der Waals surface area contributed by atoms with Crippen LogP contribution in [0.2, 0.25) is 10.0 Å². The maximum Gasteiger partial charge on any atom is 0.338 e. The highest BCUT2D eigenvalue weighted by Crippen LogP contribution is 2.31. The molecule has 0 aromatic heterocycles. The summed E-state index contributed by atoms with van der Waals surface area (Å²) >= 11 is 12.0. The topological polar surface area (TPSA) is 76.7 Å². The molecule has 2 aromatic carbocycles. The molecule has 1 atom stereocenters. The van der Waals surface area contributed by atoms with E-state index in [0.717, 1.165) is 0 Å². The first-order valence-electron chi connectivity index (χ1n) is 8.54. The minimum atomic E-state index is -0.703. The van der Waals surface area contributed by atoms with Gasteiger partial charge >= 0.3 is 12.0 Å². The van der Waals surface area contributed by atoms with Gasteiger partial charge in [0.2, 0.25) is 0 Å². The van der Waals surface area contributed by atoms with Gasteiger partial charge in [-0.1, -0.05) is 47.5 Å². The monoisotopic (exact) mass is 420 g/mol. The molecule has 0 fully saturated rings. The first-order chi connectivity index (χ1) is 13.5. The van der Waals surface area contributed by atoms with Gasteiger partial charge in [0.15, 0.2) is 0 Å². The van der Waals surface area contributed by atoms with Crippen molar-refractivity contribution in [2.45, 2.75) is 13.0 Å². The minimum absolute atomic E-state index is 0.0621. The molecule has 0 saturated carbocycles. The minimum Gasteiger partial charge on any atom is -0.490 e. The Kier molecular flexibility index (Phi) is 6.44. The highest BCUT2D eigenvalue weighted by molar-refractivity contribution is 6.42. The summed E-state index contributed by atoms with van der Waals surface area (Å²) in [6.07, 6.45) is 0. The summed E-state index contributed by atoms with van der Waals surface area (Å²) < 4.78 is 10.9. The molecular weight excluding hydrogens is 403 g/mol. The lowest BCUT2D eigenvalue weighted by atomic mass is 9.95. The van der Waals surface area contributed by atoms with Gasteiger partial charge in [-0.2, -0.15) is 0 Å². The van der Waals surface area contributed by atoms with Gasteiger partial charge in [0.25, 0.3) is 0 Å². The van der Waals surface area contributed by atoms with Crippen LogP contribution in [0.1, 0.15) is 18.5 Å². The summed E-state index contributed by atoms with van der Waals surface area (Å²) in [4.78, 5) is 24.6. The van der Waals surface area contributed by atoms with Crippen LogP contribution in [0.3, 0.4) is 0 Å². The highest BCUT2D eigenvalue weighted by Gasteiger charge is 2.32. The number of allylic oxidation sites excluding steroid dienone is 1. The van der Waals surface area contributed by atoms with Gasteiger partial charge in [0.1, 0.15) is 19.0 Å². The lowest BCUT2D eigenvalue weighted by molar-refractivity contribution is -0.140. The smallest absolute Gasteiger partial charge is 0.338 e. The summed E-state index contributed by atoms with van der Waals surface area (Å²) in [6.45, 7) is 1.91. The van der Waals surface area contributed by atoms with Crippen molar-refractivity contribution in [2.75, 3.05) is 13.2 Å². The van der Waals surface area contributed by atoms with Gasteiger partial charge in [0, 0.05) is 5.70 Å². The van der Waals surface area contributed by atoms with E-state index in [0.29, 0.717) is 27.1 Å². The Labute approximate surface area is 172 Å². The van der Waals surface area contributed by atoms with Crippen molar-refractivity contribution in [3.63, 3.8) is 0 Å². The Balaban J connectivity index is 1.70. The van der Waals surface area contributed by atoms with Gasteiger partial charge in [-0.25, -0.2) is 9.59 Å². The number of hydrogen-bond donors (Lipinski definition) is 2. The van der Waals surface area contributed by atoms with E-state index in [1.165, 1.54) is 0 Å². The van der Waals surface area contributed by atoms with E-state index in [1.807, 2.05) is 30.3 Å². The molecule has 2 N–H and O–H groups in total. The first-order valence-corrected chi connectivity index (χ1v) is 9.29. The maximum absolute atomic E-state index is 12.7. The second-order valence-corrected chi connectivity index (χ2v) is 6.86. The van der Waals surface area contributed by atoms with Crippen LogP contribution >= 0.6 is 23.2 Å². The number of benzene rings is 2. The number of esters is 1. The van der Waals surface area contributed by atoms with Gasteiger partial charge in [-0.15, -0.1) is 0 Å². The molecule has 146 valence electrons. The number of carbonyl (C=O) groups excluding carboxylic acids is 2. The number of hydrogen-bond acceptors (Lipinski definition) is 4. The van der Waals surface area contributed by atoms with Crippen molar-refractivity contribution < 1.29 is 19.1 Å². The van der Waals surface area contributed by atoms with Crippen molar-refractivity contribution in [2.24, 2.45) is 0 Å². The third-order valence-corrected chi connectivity index (χ3v) is 4.83. The summed E-state index contributed by atoms with van der Waals surface area (Å²) in [5.41, 5.74) is 1.32. The molecule has 1 heterocycles. The van der Waals surface area contributed by atoms with Crippen LogP contribution in [0.15, 0.2) is 59.8 Å². The molecule has 2 aromatic rings. The number of halogens is 2. The number of carbonyl (C=O) groups is 2. The second kappa shape index (κ2) is 8.99. The van der Waals surface area contributed by atoms with Crippen molar-refractivity contribution >= 4 is 35.2 Å². The Morgan fingerprint density at radius 3 is 2.54 bits per heavy atom. The quantitative estimate of drug-likeness (QED) is 0.540. The van der Waals surface area contributed by atoms with E-state index in [2.05, 4.69) is 10.6 Å². The molecular formula is C20H18Cl2N2O4. The van der Waals surface area contributed by atoms with Crippen molar-refractivity contribution in [1.29, 1.82) is 0 Å². The lowest BCUT2D eigenvalue weighted by Gasteiger charge is -2.28. The van der Waals surface area contributed by atoms with E-state index >= 15 is 0 Å². The fourth-order valence-electron chi connectivity index (χ4n) is 2.79. The molecule has 1 aliphatic heterocycles.